The Kier molecular flexibility index (Phi) is 6.24. The van der Waals surface area contributed by atoms with E-state index in [0.717, 1.165) is 64.6 Å². The Morgan fingerprint density at radius 2 is 1.79 bits per heavy atom. The number of fused-ring (bicyclic) bond motifs is 1. The van der Waals surface area contributed by atoms with E-state index in [9.17, 15) is 4.79 Å². The summed E-state index contributed by atoms with van der Waals surface area (Å²) in [7, 11) is 1.66. The summed E-state index contributed by atoms with van der Waals surface area (Å²) in [6.07, 6.45) is 3.26. The van der Waals surface area contributed by atoms with E-state index in [-0.39, 0.29) is 5.91 Å². The quantitative estimate of drug-likeness (QED) is 0.389. The van der Waals surface area contributed by atoms with E-state index in [1.54, 1.807) is 18.4 Å². The van der Waals surface area contributed by atoms with Crippen molar-refractivity contribution >= 4 is 39.5 Å². The van der Waals surface area contributed by atoms with Gasteiger partial charge in [-0.1, -0.05) is 11.6 Å². The number of amides is 1. The molecule has 5 rings (SSSR count). The molecule has 0 saturated carbocycles. The first kappa shape index (κ1) is 21.8. The summed E-state index contributed by atoms with van der Waals surface area (Å²) in [6, 6.07) is 15.8. The molecule has 0 unspecified atom stereocenters. The van der Waals surface area contributed by atoms with Crippen LogP contribution in [0.3, 0.4) is 0 Å². The average Bonchev–Trinajstić information content (AvgIpc) is 3.44. The zero-order chi connectivity index (χ0) is 22.8. The zero-order valence-corrected chi connectivity index (χ0v) is 20.0. The largest absolute Gasteiger partial charge is 0.497 e. The van der Waals surface area contributed by atoms with E-state index in [0.29, 0.717) is 12.8 Å². The lowest BCUT2D eigenvalue weighted by Gasteiger charge is -2.36. The van der Waals surface area contributed by atoms with E-state index in [2.05, 4.69) is 20.9 Å². The first-order chi connectivity index (χ1) is 16.1. The number of halogens is 1. The van der Waals surface area contributed by atoms with Crippen molar-refractivity contribution in [2.75, 3.05) is 38.2 Å². The Balaban J connectivity index is 1.19. The minimum absolute atomic E-state index is 0.209. The third kappa shape index (κ3) is 4.70. The normalized spacial score (nSPS) is 14.1. The molecule has 1 fully saturated rings. The molecule has 2 aromatic heterocycles. The van der Waals surface area contributed by atoms with Crippen LogP contribution in [0.25, 0.3) is 16.2 Å². The molecule has 6 nitrogen and oxygen atoms in total. The molecular weight excluding hydrogens is 456 g/mol. The lowest BCUT2D eigenvalue weighted by Crippen LogP contribution is -2.48. The summed E-state index contributed by atoms with van der Waals surface area (Å²) in [5, 5.41) is 2.84. The van der Waals surface area contributed by atoms with Crippen molar-refractivity contribution in [1.29, 1.82) is 0 Å². The maximum atomic E-state index is 12.9. The fourth-order valence-corrected chi connectivity index (χ4v) is 5.20. The number of anilines is 1. The highest BCUT2D eigenvalue weighted by Crippen LogP contribution is 2.26. The zero-order valence-electron chi connectivity index (χ0n) is 18.4. The molecule has 0 spiro atoms. The number of aryl methyl sites for hydroxylation is 1. The first-order valence-corrected chi connectivity index (χ1v) is 12.2. The van der Waals surface area contributed by atoms with E-state index in [4.69, 9.17) is 21.3 Å². The lowest BCUT2D eigenvalue weighted by atomic mass is 10.1. The number of ether oxygens (including phenoxy) is 1. The molecule has 8 heteroatoms. The van der Waals surface area contributed by atoms with E-state index in [1.807, 2.05) is 53.4 Å². The topological polar surface area (TPSA) is 50.1 Å². The Morgan fingerprint density at radius 1 is 1.06 bits per heavy atom. The molecule has 1 aliphatic rings. The van der Waals surface area contributed by atoms with Gasteiger partial charge in [-0.15, -0.1) is 11.3 Å². The summed E-state index contributed by atoms with van der Waals surface area (Å²) in [6.45, 7) is 3.16. The summed E-state index contributed by atoms with van der Waals surface area (Å²) < 4.78 is 7.35. The Bertz CT molecular complexity index is 1240. The minimum Gasteiger partial charge on any atom is -0.497 e. The van der Waals surface area contributed by atoms with Gasteiger partial charge in [-0.2, -0.15) is 0 Å². The number of hydrogen-bond acceptors (Lipinski definition) is 5. The fraction of sp³-hybridized carbons (Fsp3) is 0.280. The van der Waals surface area contributed by atoms with Gasteiger partial charge in [0.25, 0.3) is 0 Å². The number of thiazole rings is 1. The number of hydrogen-bond donors (Lipinski definition) is 0. The number of benzene rings is 2. The first-order valence-electron chi connectivity index (χ1n) is 11.0. The highest BCUT2D eigenvalue weighted by atomic mass is 35.5. The molecule has 1 aliphatic heterocycles. The van der Waals surface area contributed by atoms with E-state index >= 15 is 0 Å². The molecule has 0 radical (unpaired) electrons. The molecule has 0 aliphatic carbocycles. The molecule has 0 N–H and O–H groups in total. The van der Waals surface area contributed by atoms with Crippen LogP contribution in [-0.2, 0) is 11.2 Å². The number of carbonyl (C=O) groups excluding carboxylic acids is 1. The van der Waals surface area contributed by atoms with Crippen molar-refractivity contribution < 1.29 is 9.53 Å². The number of nitrogens with zero attached hydrogens (tertiary/aromatic N) is 4. The van der Waals surface area contributed by atoms with Crippen LogP contribution >= 0.6 is 22.9 Å². The predicted octanol–water partition coefficient (Wildman–Crippen LogP) is 5.01. The van der Waals surface area contributed by atoms with Crippen molar-refractivity contribution in [3.8, 4) is 17.0 Å². The fourth-order valence-electron chi connectivity index (χ4n) is 4.17. The van der Waals surface area contributed by atoms with Crippen molar-refractivity contribution in [1.82, 2.24) is 14.3 Å². The summed E-state index contributed by atoms with van der Waals surface area (Å²) in [4.78, 5) is 22.8. The highest BCUT2D eigenvalue weighted by Gasteiger charge is 2.21. The second kappa shape index (κ2) is 9.45. The molecule has 3 heterocycles. The van der Waals surface area contributed by atoms with Gasteiger partial charge in [0.05, 0.1) is 12.8 Å². The maximum Gasteiger partial charge on any atom is 0.223 e. The van der Waals surface area contributed by atoms with Crippen LogP contribution in [-0.4, -0.2) is 53.5 Å². The van der Waals surface area contributed by atoms with Gasteiger partial charge in [-0.3, -0.25) is 9.20 Å². The van der Waals surface area contributed by atoms with Crippen LogP contribution in [0.1, 0.15) is 12.1 Å². The lowest BCUT2D eigenvalue weighted by molar-refractivity contribution is -0.131. The van der Waals surface area contributed by atoms with Gasteiger partial charge < -0.3 is 14.5 Å². The number of piperazine rings is 1. The molecule has 1 saturated heterocycles. The number of imidazole rings is 1. The van der Waals surface area contributed by atoms with Crippen LogP contribution in [0.4, 0.5) is 5.69 Å². The van der Waals surface area contributed by atoms with E-state index < -0.39 is 0 Å². The van der Waals surface area contributed by atoms with Gasteiger partial charge >= 0.3 is 0 Å². The van der Waals surface area contributed by atoms with Crippen LogP contribution in [0.5, 0.6) is 5.75 Å². The van der Waals surface area contributed by atoms with Crippen LogP contribution in [0, 0.1) is 0 Å². The van der Waals surface area contributed by atoms with Crippen LogP contribution < -0.4 is 9.64 Å². The second-order valence-electron chi connectivity index (χ2n) is 8.08. The standard InChI is InChI=1S/C25H25ClN4O2S/c1-32-22-9-2-18(3-10-22)23-16-30-21(17-33-25(30)27-23)8-11-24(31)29-14-12-28(13-15-29)20-6-4-19(26)5-7-20/h2-7,9-10,16-17H,8,11-15H2,1H3. The van der Waals surface area contributed by atoms with Gasteiger partial charge in [-0.05, 0) is 55.0 Å². The highest BCUT2D eigenvalue weighted by molar-refractivity contribution is 7.15. The van der Waals surface area contributed by atoms with Crippen LogP contribution in [0.15, 0.2) is 60.1 Å². The number of carbonyl (C=O) groups is 1. The molecule has 2 aromatic carbocycles. The van der Waals surface area contributed by atoms with Crippen molar-refractivity contribution in [2.45, 2.75) is 12.8 Å². The Morgan fingerprint density at radius 3 is 2.48 bits per heavy atom. The molecule has 0 bridgehead atoms. The van der Waals surface area contributed by atoms with Gasteiger partial charge in [0.2, 0.25) is 5.91 Å². The summed E-state index contributed by atoms with van der Waals surface area (Å²) in [5.74, 6) is 1.04. The van der Waals surface area contributed by atoms with Gasteiger partial charge in [0, 0.05) is 66.1 Å². The molecule has 1 amide bonds. The third-order valence-corrected chi connectivity index (χ3v) is 7.23. The number of rotatable bonds is 6. The Labute approximate surface area is 202 Å². The SMILES string of the molecule is COc1ccc(-c2cn3c(CCC(=O)N4CCN(c5ccc(Cl)cc5)CC4)csc3n2)cc1. The Hall–Kier alpha value is -3.03. The van der Waals surface area contributed by atoms with Gasteiger partial charge in [-0.25, -0.2) is 4.98 Å². The molecular formula is C25H25ClN4O2S. The molecule has 33 heavy (non-hydrogen) atoms. The molecule has 4 aromatic rings. The second-order valence-corrected chi connectivity index (χ2v) is 9.35. The van der Waals surface area contributed by atoms with Crippen LogP contribution in [0.2, 0.25) is 5.02 Å². The molecule has 0 atom stereocenters. The average molecular weight is 481 g/mol. The maximum absolute atomic E-state index is 12.9. The smallest absolute Gasteiger partial charge is 0.223 e. The summed E-state index contributed by atoms with van der Waals surface area (Å²) in [5.41, 5.74) is 4.25. The van der Waals surface area contributed by atoms with Gasteiger partial charge in [0.1, 0.15) is 5.75 Å². The van der Waals surface area contributed by atoms with Crippen molar-refractivity contribution in [3.63, 3.8) is 0 Å². The molecule has 170 valence electrons. The number of aromatic nitrogens is 2. The van der Waals surface area contributed by atoms with Crippen molar-refractivity contribution in [3.05, 3.63) is 70.8 Å². The minimum atomic E-state index is 0.209. The van der Waals surface area contributed by atoms with Gasteiger partial charge in [0.15, 0.2) is 4.96 Å². The predicted molar refractivity (Wildman–Crippen MR) is 134 cm³/mol. The van der Waals surface area contributed by atoms with E-state index in [1.165, 1.54) is 0 Å². The van der Waals surface area contributed by atoms with Crippen molar-refractivity contribution in [2.24, 2.45) is 0 Å². The summed E-state index contributed by atoms with van der Waals surface area (Å²) >= 11 is 7.60. The third-order valence-electron chi connectivity index (χ3n) is 6.09. The monoisotopic (exact) mass is 480 g/mol. The number of methoxy groups -OCH3 is 1.